The molecule has 0 fully saturated rings. The Morgan fingerprint density at radius 2 is 1.95 bits per heavy atom. The second-order valence-electron chi connectivity index (χ2n) is 5.09. The van der Waals surface area contributed by atoms with Crippen molar-refractivity contribution in [2.75, 3.05) is 32.9 Å². The summed E-state index contributed by atoms with van der Waals surface area (Å²) in [5.41, 5.74) is 1.15. The Balaban J connectivity index is 2.53. The third-order valence-corrected chi connectivity index (χ3v) is 3.17. The number of carbonyl (C=O) groups is 1. The highest BCUT2D eigenvalue weighted by atomic mass is 16.5. The summed E-state index contributed by atoms with van der Waals surface area (Å²) in [6, 6.07) is 10.00. The zero-order valence-electron chi connectivity index (χ0n) is 13.5. The Labute approximate surface area is 132 Å². The number of ether oxygens (including phenoxy) is 2. The molecule has 0 radical (unpaired) electrons. The molecule has 22 heavy (non-hydrogen) atoms. The molecule has 1 aromatic carbocycles. The summed E-state index contributed by atoms with van der Waals surface area (Å²) in [5, 5.41) is 10.0. The van der Waals surface area contributed by atoms with E-state index in [9.17, 15) is 9.90 Å². The van der Waals surface area contributed by atoms with Crippen molar-refractivity contribution in [1.82, 2.24) is 4.90 Å². The molecule has 0 bridgehead atoms. The molecule has 0 saturated heterocycles. The topological polar surface area (TPSA) is 59.0 Å². The lowest BCUT2D eigenvalue weighted by Gasteiger charge is -2.24. The van der Waals surface area contributed by atoms with Crippen LogP contribution in [0, 0.1) is 0 Å². The van der Waals surface area contributed by atoms with Gasteiger partial charge < -0.3 is 14.6 Å². The standard InChI is InChI=1S/C17H27NO4/c1-3-21-14-16(19)13-18(11-10-17(20)22-4-2)12-15-8-6-5-7-9-15/h5-9,16,19H,3-4,10-14H2,1-2H3. The number of benzene rings is 1. The number of rotatable bonds is 11. The normalized spacial score (nSPS) is 12.4. The predicted octanol–water partition coefficient (Wildman–Crippen LogP) is 1.84. The highest BCUT2D eigenvalue weighted by Crippen LogP contribution is 2.07. The Morgan fingerprint density at radius 3 is 2.59 bits per heavy atom. The molecule has 1 aromatic rings. The SMILES string of the molecule is CCOCC(O)CN(CCC(=O)OCC)Cc1ccccc1. The minimum absolute atomic E-state index is 0.208. The van der Waals surface area contributed by atoms with Gasteiger partial charge in [-0.05, 0) is 19.4 Å². The molecule has 5 nitrogen and oxygen atoms in total. The molecule has 0 heterocycles. The van der Waals surface area contributed by atoms with Gasteiger partial charge in [0.05, 0.1) is 25.7 Å². The summed E-state index contributed by atoms with van der Waals surface area (Å²) in [7, 11) is 0. The number of nitrogens with zero attached hydrogens (tertiary/aromatic N) is 1. The van der Waals surface area contributed by atoms with Crippen molar-refractivity contribution in [1.29, 1.82) is 0 Å². The lowest BCUT2D eigenvalue weighted by atomic mass is 10.2. The number of aliphatic hydroxyl groups excluding tert-OH is 1. The lowest BCUT2D eigenvalue weighted by molar-refractivity contribution is -0.143. The molecule has 0 aliphatic rings. The number of hydrogen-bond acceptors (Lipinski definition) is 5. The number of carbonyl (C=O) groups excluding carboxylic acids is 1. The van der Waals surface area contributed by atoms with Gasteiger partial charge in [-0.2, -0.15) is 0 Å². The van der Waals surface area contributed by atoms with E-state index in [4.69, 9.17) is 9.47 Å². The van der Waals surface area contributed by atoms with Crippen LogP contribution in [0.4, 0.5) is 0 Å². The molecule has 0 amide bonds. The van der Waals surface area contributed by atoms with Gasteiger partial charge in [-0.15, -0.1) is 0 Å². The van der Waals surface area contributed by atoms with Crippen molar-refractivity contribution in [3.63, 3.8) is 0 Å². The van der Waals surface area contributed by atoms with Crippen molar-refractivity contribution in [3.8, 4) is 0 Å². The minimum Gasteiger partial charge on any atom is -0.466 e. The lowest BCUT2D eigenvalue weighted by Crippen LogP contribution is -2.36. The van der Waals surface area contributed by atoms with E-state index in [1.807, 2.05) is 37.3 Å². The first kappa shape index (κ1) is 18.6. The maximum Gasteiger partial charge on any atom is 0.307 e. The Bertz CT molecular complexity index is 410. The average Bonchev–Trinajstić information content (AvgIpc) is 2.52. The zero-order chi connectivity index (χ0) is 16.2. The molecule has 0 aromatic heterocycles. The van der Waals surface area contributed by atoms with Gasteiger partial charge in [0, 0.05) is 26.2 Å². The first-order valence-electron chi connectivity index (χ1n) is 7.83. The van der Waals surface area contributed by atoms with Gasteiger partial charge in [0.1, 0.15) is 0 Å². The number of hydrogen-bond donors (Lipinski definition) is 1. The zero-order valence-corrected chi connectivity index (χ0v) is 13.5. The van der Waals surface area contributed by atoms with Crippen LogP contribution < -0.4 is 0 Å². The third-order valence-electron chi connectivity index (χ3n) is 3.17. The van der Waals surface area contributed by atoms with Gasteiger partial charge in [-0.3, -0.25) is 9.69 Å². The van der Waals surface area contributed by atoms with Crippen LogP contribution in [-0.4, -0.2) is 55.0 Å². The summed E-state index contributed by atoms with van der Waals surface area (Å²) < 4.78 is 10.2. The van der Waals surface area contributed by atoms with E-state index in [0.29, 0.717) is 45.9 Å². The van der Waals surface area contributed by atoms with Crippen molar-refractivity contribution in [3.05, 3.63) is 35.9 Å². The summed E-state index contributed by atoms with van der Waals surface area (Å²) in [4.78, 5) is 13.6. The van der Waals surface area contributed by atoms with Crippen LogP contribution in [0.2, 0.25) is 0 Å². The fourth-order valence-corrected chi connectivity index (χ4v) is 2.16. The average molecular weight is 309 g/mol. The van der Waals surface area contributed by atoms with Crippen LogP contribution in [0.5, 0.6) is 0 Å². The van der Waals surface area contributed by atoms with Crippen molar-refractivity contribution >= 4 is 5.97 Å². The van der Waals surface area contributed by atoms with Crippen LogP contribution in [0.25, 0.3) is 0 Å². The molecule has 1 rings (SSSR count). The molecule has 1 unspecified atom stereocenters. The van der Waals surface area contributed by atoms with Crippen LogP contribution in [0.3, 0.4) is 0 Å². The van der Waals surface area contributed by atoms with E-state index in [0.717, 1.165) is 5.56 Å². The molecule has 0 saturated carbocycles. The molecule has 1 atom stereocenters. The molecule has 1 N–H and O–H groups in total. The quantitative estimate of drug-likeness (QED) is 0.632. The monoisotopic (exact) mass is 309 g/mol. The molecular formula is C17H27NO4. The van der Waals surface area contributed by atoms with Crippen molar-refractivity contribution in [2.45, 2.75) is 32.9 Å². The van der Waals surface area contributed by atoms with Gasteiger partial charge in [0.25, 0.3) is 0 Å². The Hall–Kier alpha value is -1.43. The highest BCUT2D eigenvalue weighted by Gasteiger charge is 2.14. The van der Waals surface area contributed by atoms with E-state index in [1.165, 1.54) is 0 Å². The molecule has 124 valence electrons. The van der Waals surface area contributed by atoms with E-state index < -0.39 is 6.10 Å². The fraction of sp³-hybridized carbons (Fsp3) is 0.588. The molecule has 0 aliphatic heterocycles. The van der Waals surface area contributed by atoms with E-state index >= 15 is 0 Å². The molecular weight excluding hydrogens is 282 g/mol. The van der Waals surface area contributed by atoms with Crippen LogP contribution in [0.15, 0.2) is 30.3 Å². The Kier molecular flexibility index (Phi) is 9.46. The maximum atomic E-state index is 11.5. The van der Waals surface area contributed by atoms with Gasteiger partial charge >= 0.3 is 5.97 Å². The van der Waals surface area contributed by atoms with Crippen LogP contribution in [0.1, 0.15) is 25.8 Å². The second kappa shape index (κ2) is 11.2. The van der Waals surface area contributed by atoms with Crippen LogP contribution >= 0.6 is 0 Å². The molecule has 5 heteroatoms. The summed E-state index contributed by atoms with van der Waals surface area (Å²) >= 11 is 0. The van der Waals surface area contributed by atoms with E-state index in [1.54, 1.807) is 6.92 Å². The third kappa shape index (κ3) is 8.12. The summed E-state index contributed by atoms with van der Waals surface area (Å²) in [6.45, 7) is 6.68. The van der Waals surface area contributed by atoms with Gasteiger partial charge in [-0.1, -0.05) is 30.3 Å². The van der Waals surface area contributed by atoms with Gasteiger partial charge in [-0.25, -0.2) is 0 Å². The second-order valence-corrected chi connectivity index (χ2v) is 5.09. The number of aliphatic hydroxyl groups is 1. The van der Waals surface area contributed by atoms with E-state index in [2.05, 4.69) is 4.90 Å². The van der Waals surface area contributed by atoms with Gasteiger partial charge in [0.2, 0.25) is 0 Å². The first-order valence-corrected chi connectivity index (χ1v) is 7.83. The Morgan fingerprint density at radius 1 is 1.23 bits per heavy atom. The first-order chi connectivity index (χ1) is 10.7. The number of esters is 1. The summed E-state index contributed by atoms with van der Waals surface area (Å²) in [6.07, 6.45) is -0.243. The van der Waals surface area contributed by atoms with E-state index in [-0.39, 0.29) is 5.97 Å². The van der Waals surface area contributed by atoms with Crippen LogP contribution in [-0.2, 0) is 20.8 Å². The summed E-state index contributed by atoms with van der Waals surface area (Å²) in [5.74, 6) is -0.208. The fourth-order valence-electron chi connectivity index (χ4n) is 2.16. The van der Waals surface area contributed by atoms with Crippen molar-refractivity contribution < 1.29 is 19.4 Å². The van der Waals surface area contributed by atoms with Gasteiger partial charge in [0.15, 0.2) is 0 Å². The maximum absolute atomic E-state index is 11.5. The predicted molar refractivity (Wildman–Crippen MR) is 85.5 cm³/mol. The highest BCUT2D eigenvalue weighted by molar-refractivity contribution is 5.69. The molecule has 0 spiro atoms. The van der Waals surface area contributed by atoms with Crippen molar-refractivity contribution in [2.24, 2.45) is 0 Å². The smallest absolute Gasteiger partial charge is 0.307 e. The molecule has 0 aliphatic carbocycles. The largest absolute Gasteiger partial charge is 0.466 e. The minimum atomic E-state index is -0.564.